The van der Waals surface area contributed by atoms with E-state index in [1.807, 2.05) is 23.0 Å². The van der Waals surface area contributed by atoms with Crippen LogP contribution in [-0.2, 0) is 12.8 Å². The van der Waals surface area contributed by atoms with Gasteiger partial charge in [0.15, 0.2) is 0 Å². The molecule has 1 saturated carbocycles. The van der Waals surface area contributed by atoms with Crippen molar-refractivity contribution in [3.63, 3.8) is 0 Å². The van der Waals surface area contributed by atoms with Crippen LogP contribution in [0.3, 0.4) is 0 Å². The van der Waals surface area contributed by atoms with Gasteiger partial charge in [0.1, 0.15) is 11.6 Å². The van der Waals surface area contributed by atoms with E-state index in [9.17, 15) is 4.39 Å². The normalized spacial score (nSPS) is 22.7. The van der Waals surface area contributed by atoms with E-state index in [4.69, 9.17) is 4.98 Å². The average molecular weight is 398 g/mol. The van der Waals surface area contributed by atoms with Gasteiger partial charge in [-0.3, -0.25) is 0 Å². The molecule has 2 atom stereocenters. The van der Waals surface area contributed by atoms with Crippen LogP contribution in [0.15, 0.2) is 60.3 Å². The van der Waals surface area contributed by atoms with Gasteiger partial charge in [0.05, 0.1) is 28.6 Å². The first-order valence-electron chi connectivity index (χ1n) is 10.6. The third-order valence-corrected chi connectivity index (χ3v) is 7.10. The summed E-state index contributed by atoms with van der Waals surface area (Å²) in [6.07, 6.45) is 8.54. The summed E-state index contributed by atoms with van der Waals surface area (Å²) in [4.78, 5) is 8.32. The number of aromatic nitrogens is 4. The van der Waals surface area contributed by atoms with Crippen LogP contribution in [0.4, 0.5) is 4.39 Å². The molecule has 0 spiro atoms. The predicted molar refractivity (Wildman–Crippen MR) is 116 cm³/mol. The van der Waals surface area contributed by atoms with Gasteiger partial charge in [-0.15, -0.1) is 0 Å². The van der Waals surface area contributed by atoms with Crippen LogP contribution < -0.4 is 0 Å². The molecule has 0 bridgehead atoms. The van der Waals surface area contributed by atoms with Crippen molar-refractivity contribution in [1.29, 1.82) is 0 Å². The van der Waals surface area contributed by atoms with Gasteiger partial charge in [-0.25, -0.2) is 14.1 Å². The Balaban J connectivity index is 1.32. The molecule has 4 nitrogen and oxygen atoms in total. The van der Waals surface area contributed by atoms with Crippen LogP contribution in [0.1, 0.15) is 36.8 Å². The lowest BCUT2D eigenvalue weighted by Gasteiger charge is -2.35. The monoisotopic (exact) mass is 398 g/mol. The van der Waals surface area contributed by atoms with Gasteiger partial charge in [-0.05, 0) is 78.6 Å². The minimum Gasteiger partial charge on any atom is -0.342 e. The van der Waals surface area contributed by atoms with Crippen molar-refractivity contribution in [3.05, 3.63) is 83.2 Å². The van der Waals surface area contributed by atoms with Crippen molar-refractivity contribution >= 4 is 17.1 Å². The molecule has 4 aromatic rings. The zero-order valence-corrected chi connectivity index (χ0v) is 16.9. The summed E-state index contributed by atoms with van der Waals surface area (Å²) in [5.41, 5.74) is 7.08. The molecule has 0 amide bonds. The van der Waals surface area contributed by atoms with Gasteiger partial charge < -0.3 is 4.98 Å². The zero-order valence-electron chi connectivity index (χ0n) is 16.9. The maximum atomic E-state index is 13.3. The van der Waals surface area contributed by atoms with E-state index < -0.39 is 0 Å². The highest BCUT2D eigenvalue weighted by Crippen LogP contribution is 2.54. The smallest absolute Gasteiger partial charge is 0.123 e. The molecule has 0 saturated heterocycles. The molecule has 1 fully saturated rings. The second kappa shape index (κ2) is 6.39. The lowest BCUT2D eigenvalue weighted by molar-refractivity contribution is 0.266. The first-order valence-corrected chi connectivity index (χ1v) is 10.6. The Morgan fingerprint density at radius 2 is 2.00 bits per heavy atom. The minimum absolute atomic E-state index is 0.128. The van der Waals surface area contributed by atoms with Crippen LogP contribution in [-0.4, -0.2) is 19.7 Å². The number of imidazole rings is 1. The molecule has 5 heteroatoms. The van der Waals surface area contributed by atoms with Crippen LogP contribution in [0.5, 0.6) is 0 Å². The Labute approximate surface area is 174 Å². The fraction of sp³-hybridized carbons (Fsp3) is 0.280. The van der Waals surface area contributed by atoms with Crippen molar-refractivity contribution in [1.82, 2.24) is 19.7 Å². The number of aromatic amines is 1. The molecule has 2 aromatic carbocycles. The van der Waals surface area contributed by atoms with E-state index in [1.54, 1.807) is 12.1 Å². The first-order chi connectivity index (χ1) is 14.6. The van der Waals surface area contributed by atoms with E-state index in [0.29, 0.717) is 5.92 Å². The second-order valence-electron chi connectivity index (χ2n) is 8.85. The molecule has 0 unspecified atom stereocenters. The number of nitrogens with one attached hydrogen (secondary N) is 1. The Morgan fingerprint density at radius 3 is 2.83 bits per heavy atom. The standard InChI is InChI=1S/C25H23FN4/c1-25-14-16-15-27-30(20-10-8-19(26)9-11-20)23(16)12-17(25)6-7-18(25)13-24-28-21-4-2-3-5-22(21)29-24/h2-5,8-12,15,18H,6-7,13-14H2,1H3,(H,28,29)/t18-,25+/m1/s1. The summed E-state index contributed by atoms with van der Waals surface area (Å²) in [6, 6.07) is 14.8. The fourth-order valence-corrected chi connectivity index (χ4v) is 5.38. The number of H-pyrrole nitrogens is 1. The summed E-state index contributed by atoms with van der Waals surface area (Å²) in [5, 5.41) is 4.63. The van der Waals surface area contributed by atoms with Crippen LogP contribution in [0.2, 0.25) is 0 Å². The first kappa shape index (κ1) is 17.6. The van der Waals surface area contributed by atoms with Gasteiger partial charge in [0.25, 0.3) is 0 Å². The van der Waals surface area contributed by atoms with Crippen LogP contribution in [0.25, 0.3) is 22.8 Å². The second-order valence-corrected chi connectivity index (χ2v) is 8.85. The van der Waals surface area contributed by atoms with E-state index in [1.165, 1.54) is 29.7 Å². The van der Waals surface area contributed by atoms with Gasteiger partial charge in [-0.1, -0.05) is 24.6 Å². The fourth-order valence-electron chi connectivity index (χ4n) is 5.38. The Hall–Kier alpha value is -3.21. The minimum atomic E-state index is -0.227. The van der Waals surface area contributed by atoms with Gasteiger partial charge in [0, 0.05) is 6.42 Å². The number of halogens is 1. The molecule has 1 N–H and O–H groups in total. The third kappa shape index (κ3) is 2.65. The average Bonchev–Trinajstić information content (AvgIpc) is 3.42. The molecule has 2 aromatic heterocycles. The Kier molecular flexibility index (Phi) is 3.76. The van der Waals surface area contributed by atoms with Gasteiger partial charge >= 0.3 is 0 Å². The number of rotatable bonds is 3. The largest absolute Gasteiger partial charge is 0.342 e. The molecule has 2 aliphatic rings. The highest BCUT2D eigenvalue weighted by molar-refractivity contribution is 5.74. The SMILES string of the molecule is C[C@]12Cc3cnn(-c4ccc(F)cc4)c3C=C1CC[C@@H]2Cc1nc2ccccc2[nH]1. The Bertz CT molecular complexity index is 1250. The lowest BCUT2D eigenvalue weighted by Crippen LogP contribution is -2.30. The Morgan fingerprint density at radius 1 is 1.17 bits per heavy atom. The van der Waals surface area contributed by atoms with Crippen molar-refractivity contribution in [2.24, 2.45) is 11.3 Å². The summed E-state index contributed by atoms with van der Waals surface area (Å²) in [6.45, 7) is 2.40. The highest BCUT2D eigenvalue weighted by Gasteiger charge is 2.45. The number of para-hydroxylation sites is 2. The number of allylic oxidation sites excluding steroid dienone is 1. The van der Waals surface area contributed by atoms with E-state index in [-0.39, 0.29) is 11.2 Å². The van der Waals surface area contributed by atoms with Crippen LogP contribution in [0, 0.1) is 17.2 Å². The number of hydrogen-bond acceptors (Lipinski definition) is 2. The van der Waals surface area contributed by atoms with Crippen LogP contribution >= 0.6 is 0 Å². The van der Waals surface area contributed by atoms with Crippen molar-refractivity contribution in [3.8, 4) is 5.69 Å². The molecular weight excluding hydrogens is 375 g/mol. The summed E-state index contributed by atoms with van der Waals surface area (Å²) < 4.78 is 15.3. The predicted octanol–water partition coefficient (Wildman–Crippen LogP) is 5.49. The maximum absolute atomic E-state index is 13.3. The van der Waals surface area contributed by atoms with Crippen molar-refractivity contribution in [2.75, 3.05) is 0 Å². The van der Waals surface area contributed by atoms with Gasteiger partial charge in [-0.2, -0.15) is 5.10 Å². The summed E-state index contributed by atoms with van der Waals surface area (Å²) in [7, 11) is 0. The van der Waals surface area contributed by atoms with E-state index in [2.05, 4.69) is 35.2 Å². The van der Waals surface area contributed by atoms with Crippen molar-refractivity contribution in [2.45, 2.75) is 32.6 Å². The molecule has 150 valence electrons. The summed E-state index contributed by atoms with van der Waals surface area (Å²) in [5.74, 6) is 1.40. The molecule has 0 radical (unpaired) electrons. The molecule has 30 heavy (non-hydrogen) atoms. The topological polar surface area (TPSA) is 46.5 Å². The zero-order chi connectivity index (χ0) is 20.3. The number of fused-ring (bicyclic) bond motifs is 3. The third-order valence-electron chi connectivity index (χ3n) is 7.10. The maximum Gasteiger partial charge on any atom is 0.123 e. The summed E-state index contributed by atoms with van der Waals surface area (Å²) >= 11 is 0. The quantitative estimate of drug-likeness (QED) is 0.496. The molecule has 2 aliphatic carbocycles. The molecule has 2 heterocycles. The molecule has 0 aliphatic heterocycles. The van der Waals surface area contributed by atoms with E-state index in [0.717, 1.165) is 47.5 Å². The van der Waals surface area contributed by atoms with Crippen molar-refractivity contribution < 1.29 is 4.39 Å². The molecule has 6 rings (SSSR count). The lowest BCUT2D eigenvalue weighted by atomic mass is 9.69. The molecular formula is C25H23FN4. The number of nitrogens with zero attached hydrogens (tertiary/aromatic N) is 3. The highest BCUT2D eigenvalue weighted by atomic mass is 19.1. The number of benzene rings is 2. The van der Waals surface area contributed by atoms with Gasteiger partial charge in [0.2, 0.25) is 0 Å². The van der Waals surface area contributed by atoms with E-state index >= 15 is 0 Å². The number of hydrogen-bond donors (Lipinski definition) is 1.